The molecule has 1 fully saturated rings. The number of amides is 1. The second kappa shape index (κ2) is 8.78. The third kappa shape index (κ3) is 4.56. The Morgan fingerprint density at radius 1 is 1.29 bits per heavy atom. The number of halogens is 1. The first-order valence-corrected chi connectivity index (χ1v) is 10.3. The van der Waals surface area contributed by atoms with Crippen molar-refractivity contribution < 1.29 is 19.4 Å². The van der Waals surface area contributed by atoms with Crippen LogP contribution >= 0.6 is 34.4 Å². The lowest BCUT2D eigenvalue weighted by molar-refractivity contribution is -0.121. The topological polar surface area (TPSA) is 79.2 Å². The summed E-state index contributed by atoms with van der Waals surface area (Å²) in [7, 11) is 1.67. The minimum Gasteiger partial charge on any atom is -0.507 e. The molecule has 6 nitrogen and oxygen atoms in total. The Balaban J connectivity index is 1.81. The zero-order chi connectivity index (χ0) is 20.3. The minimum absolute atomic E-state index is 0.144. The number of nitrogens with zero attached hydrogens (tertiary/aromatic N) is 2. The molecule has 0 spiro atoms. The molecule has 1 heterocycles. The van der Waals surface area contributed by atoms with Crippen molar-refractivity contribution in [1.82, 2.24) is 4.90 Å². The van der Waals surface area contributed by atoms with Gasteiger partial charge in [0.1, 0.15) is 5.75 Å². The highest BCUT2D eigenvalue weighted by molar-refractivity contribution is 14.1. The van der Waals surface area contributed by atoms with Gasteiger partial charge in [-0.15, -0.1) is 0 Å². The molecular formula is C20H17IN2O4S. The van der Waals surface area contributed by atoms with Gasteiger partial charge in [-0.3, -0.25) is 9.69 Å². The molecule has 1 aliphatic heterocycles. The van der Waals surface area contributed by atoms with Gasteiger partial charge in [-0.1, -0.05) is 6.07 Å². The highest BCUT2D eigenvalue weighted by Crippen LogP contribution is 2.33. The van der Waals surface area contributed by atoms with E-state index in [0.29, 0.717) is 31.5 Å². The van der Waals surface area contributed by atoms with Gasteiger partial charge in [0.25, 0.3) is 5.91 Å². The number of phenols is 1. The average molecular weight is 508 g/mol. The summed E-state index contributed by atoms with van der Waals surface area (Å²) in [6.07, 6.45) is 1.78. The number of hydrogen-bond donors (Lipinski definition) is 1. The molecule has 8 heteroatoms. The van der Waals surface area contributed by atoms with E-state index in [-0.39, 0.29) is 17.6 Å². The number of likely N-dealkylation sites (N-methyl/N-ethyl adjacent to an activating group) is 1. The number of phenolic OH excluding ortho intramolecular Hbond substituents is 1. The van der Waals surface area contributed by atoms with Crippen LogP contribution in [0, 0.1) is 3.57 Å². The van der Waals surface area contributed by atoms with Crippen LogP contribution in [0.5, 0.6) is 5.75 Å². The summed E-state index contributed by atoms with van der Waals surface area (Å²) >= 11 is 3.32. The highest BCUT2D eigenvalue weighted by Gasteiger charge is 2.30. The van der Waals surface area contributed by atoms with E-state index >= 15 is 0 Å². The maximum atomic E-state index is 12.5. The number of aromatic hydroxyl groups is 1. The SMILES string of the molecule is CCOC(=O)c1ccc(N=C2S/C(=C\c3ccc(O)c(I)c3)C(=O)N2C)cc1. The van der Waals surface area contributed by atoms with E-state index in [0.717, 1.165) is 5.56 Å². The summed E-state index contributed by atoms with van der Waals surface area (Å²) in [4.78, 5) is 30.8. The van der Waals surface area contributed by atoms with E-state index in [1.807, 2.05) is 22.6 Å². The fourth-order valence-electron chi connectivity index (χ4n) is 2.41. The summed E-state index contributed by atoms with van der Waals surface area (Å²) < 4.78 is 5.68. The molecule has 0 atom stereocenters. The number of ether oxygens (including phenoxy) is 1. The first-order valence-electron chi connectivity index (χ1n) is 8.41. The number of thioether (sulfide) groups is 1. The third-order valence-corrected chi connectivity index (χ3v) is 5.80. The predicted molar refractivity (Wildman–Crippen MR) is 119 cm³/mol. The molecule has 0 saturated carbocycles. The molecule has 28 heavy (non-hydrogen) atoms. The lowest BCUT2D eigenvalue weighted by Gasteiger charge is -2.07. The van der Waals surface area contributed by atoms with Gasteiger partial charge in [-0.2, -0.15) is 0 Å². The number of hydrogen-bond acceptors (Lipinski definition) is 6. The molecule has 144 valence electrons. The summed E-state index contributed by atoms with van der Waals surface area (Å²) in [5.74, 6) is -0.313. The third-order valence-electron chi connectivity index (χ3n) is 3.88. The molecule has 0 bridgehead atoms. The van der Waals surface area contributed by atoms with Crippen LogP contribution < -0.4 is 0 Å². The molecular weight excluding hydrogens is 491 g/mol. The van der Waals surface area contributed by atoms with E-state index in [9.17, 15) is 14.7 Å². The van der Waals surface area contributed by atoms with Crippen LogP contribution in [-0.4, -0.2) is 40.7 Å². The van der Waals surface area contributed by atoms with Crippen LogP contribution in [0.4, 0.5) is 5.69 Å². The molecule has 1 amide bonds. The average Bonchev–Trinajstić information content (AvgIpc) is 2.93. The van der Waals surface area contributed by atoms with Crippen LogP contribution in [0.3, 0.4) is 0 Å². The maximum absolute atomic E-state index is 12.5. The molecule has 1 N–H and O–H groups in total. The van der Waals surface area contributed by atoms with Crippen LogP contribution in [0.2, 0.25) is 0 Å². The van der Waals surface area contributed by atoms with Gasteiger partial charge in [-0.05, 0) is 89.3 Å². The van der Waals surface area contributed by atoms with Crippen LogP contribution in [0.25, 0.3) is 6.08 Å². The first kappa shape index (κ1) is 20.4. The summed E-state index contributed by atoms with van der Waals surface area (Å²) in [5, 5.41) is 10.2. The molecule has 3 rings (SSSR count). The summed E-state index contributed by atoms with van der Waals surface area (Å²) in [5.41, 5.74) is 1.92. The lowest BCUT2D eigenvalue weighted by atomic mass is 10.2. The molecule has 0 aromatic heterocycles. The van der Waals surface area contributed by atoms with Gasteiger partial charge in [0.15, 0.2) is 5.17 Å². The number of aliphatic imine (C=N–C) groups is 1. The number of benzene rings is 2. The molecule has 0 radical (unpaired) electrons. The van der Waals surface area contributed by atoms with E-state index in [1.54, 1.807) is 62.5 Å². The van der Waals surface area contributed by atoms with Gasteiger partial charge in [0.05, 0.1) is 26.3 Å². The summed E-state index contributed by atoms with van der Waals surface area (Å²) in [6, 6.07) is 11.9. The minimum atomic E-state index is -0.377. The molecule has 2 aromatic rings. The Morgan fingerprint density at radius 2 is 2.00 bits per heavy atom. The van der Waals surface area contributed by atoms with Gasteiger partial charge < -0.3 is 9.84 Å². The Kier molecular flexibility index (Phi) is 6.40. The molecule has 1 aliphatic rings. The molecule has 1 saturated heterocycles. The normalized spacial score (nSPS) is 16.8. The van der Waals surface area contributed by atoms with Gasteiger partial charge >= 0.3 is 5.97 Å². The van der Waals surface area contributed by atoms with E-state index < -0.39 is 0 Å². The quantitative estimate of drug-likeness (QED) is 0.376. The highest BCUT2D eigenvalue weighted by atomic mass is 127. The molecule has 0 unspecified atom stereocenters. The van der Waals surface area contributed by atoms with E-state index in [2.05, 4.69) is 4.99 Å². The standard InChI is InChI=1S/C20H17IN2O4S/c1-3-27-19(26)13-5-7-14(8-6-13)22-20-23(2)18(25)17(28-20)11-12-4-9-16(24)15(21)10-12/h4-11,24H,3H2,1-2H3/b17-11-,22-20?. The van der Waals surface area contributed by atoms with Crippen molar-refractivity contribution in [3.63, 3.8) is 0 Å². The Labute approximate surface area is 180 Å². The second-order valence-electron chi connectivity index (χ2n) is 5.85. The van der Waals surface area contributed by atoms with Crippen molar-refractivity contribution in [2.24, 2.45) is 4.99 Å². The van der Waals surface area contributed by atoms with Crippen molar-refractivity contribution in [2.75, 3.05) is 13.7 Å². The molecule has 2 aromatic carbocycles. The maximum Gasteiger partial charge on any atom is 0.338 e. The van der Waals surface area contributed by atoms with Crippen molar-refractivity contribution in [2.45, 2.75) is 6.92 Å². The van der Waals surface area contributed by atoms with Crippen molar-refractivity contribution in [3.8, 4) is 5.75 Å². The van der Waals surface area contributed by atoms with Crippen molar-refractivity contribution in [3.05, 3.63) is 62.1 Å². The van der Waals surface area contributed by atoms with Gasteiger partial charge in [-0.25, -0.2) is 9.79 Å². The van der Waals surface area contributed by atoms with E-state index in [4.69, 9.17) is 4.74 Å². The number of carbonyl (C=O) groups is 2. The second-order valence-corrected chi connectivity index (χ2v) is 8.02. The van der Waals surface area contributed by atoms with Crippen LogP contribution in [0.15, 0.2) is 52.4 Å². The van der Waals surface area contributed by atoms with Crippen molar-refractivity contribution >= 4 is 63.2 Å². The number of esters is 1. The zero-order valence-electron chi connectivity index (χ0n) is 15.2. The zero-order valence-corrected chi connectivity index (χ0v) is 18.2. The van der Waals surface area contributed by atoms with E-state index in [1.165, 1.54) is 16.7 Å². The smallest absolute Gasteiger partial charge is 0.338 e. The Morgan fingerprint density at radius 3 is 2.64 bits per heavy atom. The van der Waals surface area contributed by atoms with Crippen molar-refractivity contribution in [1.29, 1.82) is 0 Å². The first-order chi connectivity index (χ1) is 13.4. The Bertz CT molecular complexity index is 986. The van der Waals surface area contributed by atoms with Gasteiger partial charge in [0, 0.05) is 7.05 Å². The lowest BCUT2D eigenvalue weighted by Crippen LogP contribution is -2.23. The molecule has 0 aliphatic carbocycles. The fraction of sp³-hybridized carbons (Fsp3) is 0.150. The van der Waals surface area contributed by atoms with Crippen LogP contribution in [0.1, 0.15) is 22.8 Å². The van der Waals surface area contributed by atoms with Gasteiger partial charge in [0.2, 0.25) is 0 Å². The monoisotopic (exact) mass is 508 g/mol. The fourth-order valence-corrected chi connectivity index (χ4v) is 3.94. The summed E-state index contributed by atoms with van der Waals surface area (Å²) in [6.45, 7) is 2.08. The number of amidine groups is 1. The number of rotatable bonds is 4. The predicted octanol–water partition coefficient (Wildman–Crippen LogP) is 4.41. The van der Waals surface area contributed by atoms with Crippen LogP contribution in [-0.2, 0) is 9.53 Å². The number of carbonyl (C=O) groups excluding carboxylic acids is 2. The Hall–Kier alpha value is -2.33. The largest absolute Gasteiger partial charge is 0.507 e.